The zero-order valence-corrected chi connectivity index (χ0v) is 15.3. The van der Waals surface area contributed by atoms with Crippen LogP contribution in [0, 0.1) is 0 Å². The molecule has 3 aromatic rings. The summed E-state index contributed by atoms with van der Waals surface area (Å²) >= 11 is 6.03. The maximum absolute atomic E-state index is 12.6. The summed E-state index contributed by atoms with van der Waals surface area (Å²) in [6, 6.07) is 10.4. The molecule has 3 rings (SSSR count). The van der Waals surface area contributed by atoms with E-state index in [1.165, 1.54) is 0 Å². The van der Waals surface area contributed by atoms with Gasteiger partial charge in [0, 0.05) is 29.2 Å². The number of nitrogens with zero attached hydrogens (tertiary/aromatic N) is 2. The van der Waals surface area contributed by atoms with Crippen LogP contribution in [-0.2, 0) is 18.0 Å². The predicted octanol–water partition coefficient (Wildman–Crippen LogP) is 2.70. The Morgan fingerprint density at radius 1 is 1.32 bits per heavy atom. The number of nitrogens with one attached hydrogen (secondary N) is 1. The Morgan fingerprint density at radius 2 is 2.08 bits per heavy atom. The quantitative estimate of drug-likeness (QED) is 0.733. The largest absolute Gasteiger partial charge is 0.344 e. The van der Waals surface area contributed by atoms with E-state index in [9.17, 15) is 9.00 Å². The molecule has 2 atom stereocenters. The summed E-state index contributed by atoms with van der Waals surface area (Å²) in [4.78, 5) is 16.7. The molecule has 0 spiro atoms. The third kappa shape index (κ3) is 3.58. The summed E-state index contributed by atoms with van der Waals surface area (Å²) in [7, 11) is 0.207. The molecule has 1 amide bonds. The van der Waals surface area contributed by atoms with Gasteiger partial charge in [0.15, 0.2) is 0 Å². The smallest absolute Gasteiger partial charge is 0.268 e. The van der Waals surface area contributed by atoms with E-state index in [-0.39, 0.29) is 11.9 Å². The molecule has 0 aliphatic rings. The Hall–Kier alpha value is -2.22. The lowest BCUT2D eigenvalue weighted by Crippen LogP contribution is -2.28. The van der Waals surface area contributed by atoms with Crippen LogP contribution in [0.25, 0.3) is 10.9 Å². The molecule has 130 valence electrons. The summed E-state index contributed by atoms with van der Waals surface area (Å²) in [6.07, 6.45) is 1.56. The molecule has 1 aromatic carbocycles. The fourth-order valence-corrected chi connectivity index (χ4v) is 3.17. The lowest BCUT2D eigenvalue weighted by atomic mass is 10.1. The second-order valence-electron chi connectivity index (χ2n) is 5.71. The van der Waals surface area contributed by atoms with Gasteiger partial charge in [0.1, 0.15) is 21.7 Å². The van der Waals surface area contributed by atoms with Crippen LogP contribution < -0.4 is 10.5 Å². The zero-order chi connectivity index (χ0) is 18.1. The molecule has 0 saturated carbocycles. The van der Waals surface area contributed by atoms with Gasteiger partial charge in [-0.1, -0.05) is 23.7 Å². The minimum Gasteiger partial charge on any atom is -0.344 e. The van der Waals surface area contributed by atoms with E-state index < -0.39 is 11.0 Å². The minimum absolute atomic E-state index is 0.200. The molecule has 2 aromatic heterocycles. The Bertz CT molecular complexity index is 969. The first-order valence-corrected chi connectivity index (χ1v) is 9.14. The highest BCUT2D eigenvalue weighted by Gasteiger charge is 2.17. The SMILES string of the molecule is CC(NC(=O)c1cc2ccc(Cl)cc2n1C)c1ccc(S(N)=O)nc1. The monoisotopic (exact) mass is 376 g/mol. The Kier molecular flexibility index (Phi) is 4.89. The molecular formula is C17H17ClN4O2S. The number of carbonyl (C=O) groups is 1. The molecule has 0 aliphatic heterocycles. The number of pyridine rings is 1. The van der Waals surface area contributed by atoms with Crippen molar-refractivity contribution in [2.24, 2.45) is 12.2 Å². The second kappa shape index (κ2) is 6.95. The summed E-state index contributed by atoms with van der Waals surface area (Å²) in [5.74, 6) is -0.200. The lowest BCUT2D eigenvalue weighted by Gasteiger charge is -2.14. The summed E-state index contributed by atoms with van der Waals surface area (Å²) in [6.45, 7) is 1.85. The van der Waals surface area contributed by atoms with Crippen LogP contribution in [0.4, 0.5) is 0 Å². The van der Waals surface area contributed by atoms with E-state index >= 15 is 0 Å². The van der Waals surface area contributed by atoms with E-state index in [1.807, 2.05) is 36.7 Å². The molecule has 2 unspecified atom stereocenters. The van der Waals surface area contributed by atoms with Crippen LogP contribution in [0.3, 0.4) is 0 Å². The van der Waals surface area contributed by atoms with E-state index in [4.69, 9.17) is 16.7 Å². The number of fused-ring (bicyclic) bond motifs is 1. The number of rotatable bonds is 4. The molecule has 2 heterocycles. The van der Waals surface area contributed by atoms with Crippen molar-refractivity contribution in [3.8, 4) is 0 Å². The molecule has 6 nitrogen and oxygen atoms in total. The maximum Gasteiger partial charge on any atom is 0.268 e. The van der Waals surface area contributed by atoms with E-state index in [0.717, 1.165) is 16.5 Å². The van der Waals surface area contributed by atoms with Crippen molar-refractivity contribution >= 4 is 39.4 Å². The van der Waals surface area contributed by atoms with Crippen molar-refractivity contribution in [2.45, 2.75) is 18.0 Å². The van der Waals surface area contributed by atoms with E-state index in [2.05, 4.69) is 10.3 Å². The molecule has 25 heavy (non-hydrogen) atoms. The van der Waals surface area contributed by atoms with Crippen LogP contribution in [0.1, 0.15) is 29.0 Å². The molecule has 0 radical (unpaired) electrons. The van der Waals surface area contributed by atoms with Gasteiger partial charge in [0.05, 0.1) is 6.04 Å². The number of benzene rings is 1. The van der Waals surface area contributed by atoms with Gasteiger partial charge in [-0.05, 0) is 36.8 Å². The average molecular weight is 377 g/mol. The average Bonchev–Trinajstić information content (AvgIpc) is 2.91. The number of halogens is 1. The zero-order valence-electron chi connectivity index (χ0n) is 13.7. The summed E-state index contributed by atoms with van der Waals surface area (Å²) in [5.41, 5.74) is 2.22. The molecule has 3 N–H and O–H groups in total. The van der Waals surface area contributed by atoms with Gasteiger partial charge in [-0.25, -0.2) is 14.3 Å². The topological polar surface area (TPSA) is 90.0 Å². The van der Waals surface area contributed by atoms with Crippen LogP contribution >= 0.6 is 11.6 Å². The fourth-order valence-electron chi connectivity index (χ4n) is 2.64. The summed E-state index contributed by atoms with van der Waals surface area (Å²) < 4.78 is 13.0. The second-order valence-corrected chi connectivity index (χ2v) is 7.16. The molecule has 0 saturated heterocycles. The van der Waals surface area contributed by atoms with Crippen molar-refractivity contribution < 1.29 is 9.00 Å². The fraction of sp³-hybridized carbons (Fsp3) is 0.176. The first-order chi connectivity index (χ1) is 11.9. The van der Waals surface area contributed by atoms with Crippen LogP contribution in [0.2, 0.25) is 5.02 Å². The molecule has 8 heteroatoms. The van der Waals surface area contributed by atoms with Gasteiger partial charge in [-0.3, -0.25) is 4.79 Å². The maximum atomic E-state index is 12.6. The standard InChI is InChI=1S/C17H17ClN4O2S/c1-10(12-4-6-16(20-9-12)25(19)24)21-17(23)15-7-11-3-5-13(18)8-14(11)22(15)2/h3-10H,19H2,1-2H3,(H,21,23). The van der Waals surface area contributed by atoms with Crippen molar-refractivity contribution in [1.82, 2.24) is 14.9 Å². The van der Waals surface area contributed by atoms with Crippen molar-refractivity contribution in [3.05, 3.63) is 58.9 Å². The van der Waals surface area contributed by atoms with Gasteiger partial charge in [-0.2, -0.15) is 0 Å². The van der Waals surface area contributed by atoms with E-state index in [1.54, 1.807) is 24.4 Å². The van der Waals surface area contributed by atoms with Crippen LogP contribution in [0.15, 0.2) is 47.6 Å². The van der Waals surface area contributed by atoms with E-state index in [0.29, 0.717) is 15.7 Å². The van der Waals surface area contributed by atoms with Gasteiger partial charge in [-0.15, -0.1) is 0 Å². The normalized spacial score (nSPS) is 13.6. The number of hydrogen-bond donors (Lipinski definition) is 2. The minimum atomic E-state index is -1.62. The molecule has 0 bridgehead atoms. The summed E-state index contributed by atoms with van der Waals surface area (Å²) in [5, 5.41) is 10.1. The molecular weight excluding hydrogens is 360 g/mol. The number of hydrogen-bond acceptors (Lipinski definition) is 3. The van der Waals surface area contributed by atoms with Gasteiger partial charge in [0.25, 0.3) is 5.91 Å². The van der Waals surface area contributed by atoms with Gasteiger partial charge in [0.2, 0.25) is 0 Å². The van der Waals surface area contributed by atoms with Crippen LogP contribution in [-0.4, -0.2) is 19.7 Å². The molecule has 0 aliphatic carbocycles. The Balaban J connectivity index is 1.82. The third-order valence-electron chi connectivity index (χ3n) is 4.05. The number of nitrogens with two attached hydrogens (primary N) is 1. The van der Waals surface area contributed by atoms with Gasteiger partial charge < -0.3 is 9.88 Å². The van der Waals surface area contributed by atoms with Crippen molar-refractivity contribution in [3.63, 3.8) is 0 Å². The molecule has 0 fully saturated rings. The Morgan fingerprint density at radius 3 is 2.72 bits per heavy atom. The van der Waals surface area contributed by atoms with Crippen LogP contribution in [0.5, 0.6) is 0 Å². The third-order valence-corrected chi connectivity index (χ3v) is 4.94. The van der Waals surface area contributed by atoms with Gasteiger partial charge >= 0.3 is 0 Å². The van der Waals surface area contributed by atoms with Crippen molar-refractivity contribution in [2.75, 3.05) is 0 Å². The highest BCUT2D eigenvalue weighted by Crippen LogP contribution is 2.23. The van der Waals surface area contributed by atoms with Crippen molar-refractivity contribution in [1.29, 1.82) is 0 Å². The lowest BCUT2D eigenvalue weighted by molar-refractivity contribution is 0.0932. The Labute approximate surface area is 152 Å². The first kappa shape index (κ1) is 17.6. The number of aryl methyl sites for hydroxylation is 1. The highest BCUT2D eigenvalue weighted by molar-refractivity contribution is 7.82. The highest BCUT2D eigenvalue weighted by atomic mass is 35.5. The number of carbonyl (C=O) groups excluding carboxylic acids is 1. The number of amides is 1. The predicted molar refractivity (Wildman–Crippen MR) is 98.6 cm³/mol. The number of aromatic nitrogens is 2. The first-order valence-electron chi connectivity index (χ1n) is 7.55.